The number of hydrogen-bond acceptors (Lipinski definition) is 4. The summed E-state index contributed by atoms with van der Waals surface area (Å²) in [5, 5.41) is 12.4. The molecule has 1 aliphatic rings. The average molecular weight is 311 g/mol. The number of benzene rings is 2. The molecule has 0 saturated carbocycles. The zero-order valence-corrected chi connectivity index (χ0v) is 12.8. The second-order valence-electron chi connectivity index (χ2n) is 5.61. The van der Waals surface area contributed by atoms with Crippen LogP contribution in [0.5, 0.6) is 0 Å². The molecule has 6 heteroatoms. The van der Waals surface area contributed by atoms with Crippen molar-refractivity contribution < 1.29 is 9.72 Å². The maximum absolute atomic E-state index is 11.8. The van der Waals surface area contributed by atoms with Crippen LogP contribution in [0.25, 0.3) is 11.1 Å². The molecule has 0 atom stereocenters. The Morgan fingerprint density at radius 1 is 1.17 bits per heavy atom. The van der Waals surface area contributed by atoms with Crippen LogP contribution in [0.3, 0.4) is 0 Å². The molecule has 0 aromatic heterocycles. The van der Waals surface area contributed by atoms with Gasteiger partial charge in [0.1, 0.15) is 0 Å². The minimum atomic E-state index is -0.415. The minimum Gasteiger partial charge on any atom is -0.295 e. The molecule has 6 nitrogen and oxygen atoms in total. The molecule has 1 fully saturated rings. The molecule has 1 saturated heterocycles. The summed E-state index contributed by atoms with van der Waals surface area (Å²) in [5.74, 6) is 0.0835. The van der Waals surface area contributed by atoms with E-state index in [2.05, 4.69) is 5.43 Å². The number of carbonyl (C=O) groups excluding carboxylic acids is 1. The third kappa shape index (κ3) is 3.15. The Labute approximate surface area is 133 Å². The van der Waals surface area contributed by atoms with Crippen LogP contribution >= 0.6 is 0 Å². The highest BCUT2D eigenvalue weighted by atomic mass is 16.6. The lowest BCUT2D eigenvalue weighted by Gasteiger charge is -2.21. The van der Waals surface area contributed by atoms with E-state index in [-0.39, 0.29) is 11.6 Å². The second-order valence-corrected chi connectivity index (χ2v) is 5.61. The van der Waals surface area contributed by atoms with Crippen LogP contribution in [-0.2, 0) is 4.79 Å². The molecule has 118 valence electrons. The summed E-state index contributed by atoms with van der Waals surface area (Å²) in [6.45, 7) is 2.67. The van der Waals surface area contributed by atoms with Gasteiger partial charge in [-0.3, -0.25) is 25.3 Å². The van der Waals surface area contributed by atoms with E-state index >= 15 is 0 Å². The van der Waals surface area contributed by atoms with Gasteiger partial charge in [0.15, 0.2) is 0 Å². The van der Waals surface area contributed by atoms with Crippen molar-refractivity contribution in [3.05, 3.63) is 58.1 Å². The predicted molar refractivity (Wildman–Crippen MR) is 87.8 cm³/mol. The molecule has 0 unspecified atom stereocenters. The number of hydrogen-bond donors (Lipinski definition) is 1. The number of aryl methyl sites for hydroxylation is 1. The summed E-state index contributed by atoms with van der Waals surface area (Å²) in [7, 11) is 0. The number of nitrogens with zero attached hydrogens (tertiary/aromatic N) is 2. The molecule has 1 N–H and O–H groups in total. The molecule has 1 aliphatic heterocycles. The van der Waals surface area contributed by atoms with Gasteiger partial charge in [0.05, 0.1) is 10.6 Å². The summed E-state index contributed by atoms with van der Waals surface area (Å²) >= 11 is 0. The number of non-ortho nitro benzene ring substituents is 1. The largest absolute Gasteiger partial charge is 0.295 e. The zero-order chi connectivity index (χ0) is 16.4. The van der Waals surface area contributed by atoms with Crippen molar-refractivity contribution >= 4 is 17.3 Å². The summed E-state index contributed by atoms with van der Waals surface area (Å²) in [6.07, 6.45) is 1.41. The fourth-order valence-corrected chi connectivity index (χ4v) is 2.67. The van der Waals surface area contributed by atoms with Crippen molar-refractivity contribution in [1.82, 2.24) is 5.01 Å². The quantitative estimate of drug-likeness (QED) is 0.692. The summed E-state index contributed by atoms with van der Waals surface area (Å²) < 4.78 is 0. The van der Waals surface area contributed by atoms with Gasteiger partial charge in [-0.15, -0.1) is 0 Å². The monoisotopic (exact) mass is 311 g/mol. The molecule has 2 aromatic rings. The summed E-state index contributed by atoms with van der Waals surface area (Å²) in [6, 6.07) is 12.3. The molecule has 1 amide bonds. The number of anilines is 1. The van der Waals surface area contributed by atoms with Crippen molar-refractivity contribution in [1.29, 1.82) is 0 Å². The maximum atomic E-state index is 11.8. The standard InChI is InChI=1S/C17H17N3O3/c1-12-4-9-16(18-19-10-2-3-17(19)21)15(11-12)13-5-7-14(8-6-13)20(22)23/h4-9,11,18H,2-3,10H2,1H3. The third-order valence-corrected chi connectivity index (χ3v) is 3.89. The lowest BCUT2D eigenvalue weighted by Crippen LogP contribution is -2.31. The molecule has 1 heterocycles. The molecule has 0 bridgehead atoms. The zero-order valence-electron chi connectivity index (χ0n) is 12.8. The van der Waals surface area contributed by atoms with E-state index in [0.29, 0.717) is 13.0 Å². The van der Waals surface area contributed by atoms with E-state index in [0.717, 1.165) is 28.8 Å². The van der Waals surface area contributed by atoms with Gasteiger partial charge in [-0.25, -0.2) is 0 Å². The number of carbonyl (C=O) groups is 1. The smallest absolute Gasteiger partial charge is 0.269 e. The van der Waals surface area contributed by atoms with E-state index in [9.17, 15) is 14.9 Å². The molecule has 2 aromatic carbocycles. The number of nitrogens with one attached hydrogen (secondary N) is 1. The van der Waals surface area contributed by atoms with Gasteiger partial charge in [0.2, 0.25) is 5.91 Å². The lowest BCUT2D eigenvalue weighted by molar-refractivity contribution is -0.384. The van der Waals surface area contributed by atoms with Crippen LogP contribution < -0.4 is 5.43 Å². The van der Waals surface area contributed by atoms with Gasteiger partial charge >= 0.3 is 0 Å². The Morgan fingerprint density at radius 2 is 1.91 bits per heavy atom. The summed E-state index contributed by atoms with van der Waals surface area (Å²) in [4.78, 5) is 22.2. The van der Waals surface area contributed by atoms with Crippen molar-refractivity contribution in [3.63, 3.8) is 0 Å². The van der Waals surface area contributed by atoms with Crippen LogP contribution in [0.15, 0.2) is 42.5 Å². The Bertz CT molecular complexity index is 756. The van der Waals surface area contributed by atoms with E-state index in [1.807, 2.05) is 25.1 Å². The highest BCUT2D eigenvalue weighted by molar-refractivity contribution is 5.83. The van der Waals surface area contributed by atoms with Crippen molar-refractivity contribution in [2.24, 2.45) is 0 Å². The third-order valence-electron chi connectivity index (χ3n) is 3.89. The Hall–Kier alpha value is -2.89. The predicted octanol–water partition coefficient (Wildman–Crippen LogP) is 3.52. The van der Waals surface area contributed by atoms with Crippen molar-refractivity contribution in [2.75, 3.05) is 12.0 Å². The van der Waals surface area contributed by atoms with Gasteiger partial charge in [-0.05, 0) is 43.2 Å². The molecule has 0 aliphatic carbocycles. The first-order valence-corrected chi connectivity index (χ1v) is 7.47. The van der Waals surface area contributed by atoms with Crippen LogP contribution in [0, 0.1) is 17.0 Å². The molecule has 0 spiro atoms. The highest BCUT2D eigenvalue weighted by Crippen LogP contribution is 2.31. The first-order chi connectivity index (χ1) is 11.0. The topological polar surface area (TPSA) is 75.5 Å². The van der Waals surface area contributed by atoms with E-state index < -0.39 is 4.92 Å². The summed E-state index contributed by atoms with van der Waals surface area (Å²) in [5.41, 5.74) is 6.92. The van der Waals surface area contributed by atoms with E-state index in [4.69, 9.17) is 0 Å². The van der Waals surface area contributed by atoms with Crippen LogP contribution in [0.4, 0.5) is 11.4 Å². The molecule has 23 heavy (non-hydrogen) atoms. The van der Waals surface area contributed by atoms with Gasteiger partial charge < -0.3 is 0 Å². The van der Waals surface area contributed by atoms with Crippen molar-refractivity contribution in [3.8, 4) is 11.1 Å². The number of amides is 1. The Balaban J connectivity index is 1.95. The fraction of sp³-hybridized carbons (Fsp3) is 0.235. The van der Waals surface area contributed by atoms with Crippen LogP contribution in [-0.4, -0.2) is 22.4 Å². The molecule has 3 rings (SSSR count). The number of hydrazine groups is 1. The highest BCUT2D eigenvalue weighted by Gasteiger charge is 2.21. The molecule has 0 radical (unpaired) electrons. The molecular weight excluding hydrogens is 294 g/mol. The second kappa shape index (κ2) is 6.08. The number of nitro benzene ring substituents is 1. The lowest BCUT2D eigenvalue weighted by atomic mass is 10.0. The SMILES string of the molecule is Cc1ccc(NN2CCCC2=O)c(-c2ccc([N+](=O)[O-])cc2)c1. The van der Waals surface area contributed by atoms with Gasteiger partial charge in [-0.1, -0.05) is 11.6 Å². The van der Waals surface area contributed by atoms with Crippen LogP contribution in [0.2, 0.25) is 0 Å². The first-order valence-electron chi connectivity index (χ1n) is 7.47. The van der Waals surface area contributed by atoms with Gasteiger partial charge in [0, 0.05) is 30.7 Å². The Morgan fingerprint density at radius 3 is 2.52 bits per heavy atom. The normalized spacial score (nSPS) is 14.1. The van der Waals surface area contributed by atoms with Crippen molar-refractivity contribution in [2.45, 2.75) is 19.8 Å². The fourth-order valence-electron chi connectivity index (χ4n) is 2.67. The maximum Gasteiger partial charge on any atom is 0.269 e. The number of rotatable bonds is 4. The van der Waals surface area contributed by atoms with E-state index in [1.165, 1.54) is 12.1 Å². The van der Waals surface area contributed by atoms with Crippen LogP contribution in [0.1, 0.15) is 18.4 Å². The first kappa shape index (κ1) is 15.0. The Kier molecular flexibility index (Phi) is 3.97. The van der Waals surface area contributed by atoms with Gasteiger partial charge in [-0.2, -0.15) is 0 Å². The van der Waals surface area contributed by atoms with E-state index in [1.54, 1.807) is 17.1 Å². The number of nitro groups is 1. The minimum absolute atomic E-state index is 0.0608. The molecular formula is C17H17N3O3. The van der Waals surface area contributed by atoms with Gasteiger partial charge in [0.25, 0.3) is 5.69 Å². The average Bonchev–Trinajstić information content (AvgIpc) is 2.94.